The molecule has 0 aliphatic carbocycles. The van der Waals surface area contributed by atoms with Crippen molar-refractivity contribution in [2.24, 2.45) is 5.10 Å². The van der Waals surface area contributed by atoms with Crippen LogP contribution in [0.25, 0.3) is 0 Å². The minimum Gasteiger partial charge on any atom is -0.458 e. The molecule has 0 saturated heterocycles. The Hall–Kier alpha value is -4.51. The third-order valence-corrected chi connectivity index (χ3v) is 4.37. The molecule has 4 N–H and O–H groups in total. The Morgan fingerprint density at radius 3 is 2.50 bits per heavy atom. The topological polar surface area (TPSA) is 155 Å². The van der Waals surface area contributed by atoms with Gasteiger partial charge in [-0.05, 0) is 42.0 Å². The fraction of sp³-hybridized carbons (Fsp3) is 0.0909. The molecule has 0 spiro atoms. The van der Waals surface area contributed by atoms with Gasteiger partial charge in [0.15, 0.2) is 0 Å². The molecule has 1 aromatic carbocycles. The lowest BCUT2D eigenvalue weighted by molar-refractivity contribution is -0.139. The average Bonchev–Trinajstić information content (AvgIpc) is 3.29. The lowest BCUT2D eigenvalue weighted by Gasteiger charge is -2.05. The minimum atomic E-state index is -0.954. The van der Waals surface area contributed by atoms with Gasteiger partial charge < -0.3 is 20.4 Å². The molecule has 34 heavy (non-hydrogen) atoms. The first-order valence-electron chi connectivity index (χ1n) is 9.84. The van der Waals surface area contributed by atoms with Gasteiger partial charge in [0.2, 0.25) is 0 Å². The monoisotopic (exact) mass is 482 g/mol. The number of anilines is 1. The first-order chi connectivity index (χ1) is 16.4. The minimum absolute atomic E-state index is 0.0568. The summed E-state index contributed by atoms with van der Waals surface area (Å²) in [6, 6.07) is 12.9. The smallest absolute Gasteiger partial charge is 0.329 e. The Bertz CT molecular complexity index is 1210. The Morgan fingerprint density at radius 1 is 0.941 bits per heavy atom. The van der Waals surface area contributed by atoms with Crippen LogP contribution in [0.4, 0.5) is 5.69 Å². The maximum atomic E-state index is 12.0. The molecule has 3 aromatic rings. The van der Waals surface area contributed by atoms with E-state index in [2.05, 4.69) is 31.5 Å². The summed E-state index contributed by atoms with van der Waals surface area (Å²) in [7, 11) is 0. The van der Waals surface area contributed by atoms with Crippen LogP contribution in [0.3, 0.4) is 0 Å². The van der Waals surface area contributed by atoms with Crippen LogP contribution in [0.15, 0.2) is 70.4 Å². The number of pyridine rings is 1. The van der Waals surface area contributed by atoms with Crippen LogP contribution in [0.1, 0.15) is 17.1 Å². The predicted molar refractivity (Wildman–Crippen MR) is 122 cm³/mol. The van der Waals surface area contributed by atoms with Crippen LogP contribution in [-0.4, -0.2) is 34.8 Å². The van der Waals surface area contributed by atoms with E-state index in [0.29, 0.717) is 16.5 Å². The summed E-state index contributed by atoms with van der Waals surface area (Å²) >= 11 is 5.84. The van der Waals surface area contributed by atoms with Gasteiger partial charge in [-0.2, -0.15) is 5.10 Å². The highest BCUT2D eigenvalue weighted by Gasteiger charge is 2.15. The first-order valence-corrected chi connectivity index (χ1v) is 10.2. The van der Waals surface area contributed by atoms with E-state index in [9.17, 15) is 19.2 Å². The molecule has 11 nitrogen and oxygen atoms in total. The molecule has 0 bridgehead atoms. The summed E-state index contributed by atoms with van der Waals surface area (Å²) in [6.45, 7) is 0.0902. The molecule has 12 heteroatoms. The fourth-order valence-corrected chi connectivity index (χ4v) is 2.72. The standard InChI is InChI=1S/C22H19ClN6O5/c23-15-4-1-5-16(9-15)28-21(32)19(30)26-12-17-6-7-18(34-17)13-27-29-22(33)20(31)25-11-14-3-2-8-24-10-14/h1-10,13H,11-12H2,(H,25,31)(H,26,30)(H,28,32)(H,29,33)/b27-13+. The van der Waals surface area contributed by atoms with E-state index in [1.807, 2.05) is 0 Å². The number of rotatable bonds is 7. The third kappa shape index (κ3) is 7.57. The number of furan rings is 1. The summed E-state index contributed by atoms with van der Waals surface area (Å²) in [5.41, 5.74) is 3.21. The molecule has 0 atom stereocenters. The third-order valence-electron chi connectivity index (χ3n) is 4.13. The summed E-state index contributed by atoms with van der Waals surface area (Å²) in [5, 5.41) is 11.4. The van der Waals surface area contributed by atoms with Crippen molar-refractivity contribution in [3.8, 4) is 0 Å². The van der Waals surface area contributed by atoms with Crippen molar-refractivity contribution in [1.82, 2.24) is 21.0 Å². The van der Waals surface area contributed by atoms with Crippen LogP contribution < -0.4 is 21.4 Å². The normalized spacial score (nSPS) is 10.5. The van der Waals surface area contributed by atoms with Crippen LogP contribution in [0.2, 0.25) is 5.02 Å². The SMILES string of the molecule is O=C(NCc1cccnc1)C(=O)N/N=C/c1ccc(CNC(=O)C(=O)Nc2cccc(Cl)c2)o1. The number of nitrogens with zero attached hydrogens (tertiary/aromatic N) is 2. The zero-order chi connectivity index (χ0) is 24.3. The molecule has 0 fully saturated rings. The molecular weight excluding hydrogens is 464 g/mol. The van der Waals surface area contributed by atoms with Gasteiger partial charge in [-0.15, -0.1) is 0 Å². The largest absolute Gasteiger partial charge is 0.458 e. The van der Waals surface area contributed by atoms with Crippen LogP contribution in [0, 0.1) is 0 Å². The molecule has 174 valence electrons. The zero-order valence-corrected chi connectivity index (χ0v) is 18.3. The van der Waals surface area contributed by atoms with Gasteiger partial charge in [0.25, 0.3) is 0 Å². The number of amides is 4. The Balaban J connectivity index is 1.40. The van der Waals surface area contributed by atoms with E-state index in [0.717, 1.165) is 5.56 Å². The number of aromatic nitrogens is 1. The van der Waals surface area contributed by atoms with E-state index < -0.39 is 23.6 Å². The molecule has 2 heterocycles. The fourth-order valence-electron chi connectivity index (χ4n) is 2.53. The summed E-state index contributed by atoms with van der Waals surface area (Å²) in [4.78, 5) is 51.4. The molecule has 0 unspecified atom stereocenters. The van der Waals surface area contributed by atoms with Crippen molar-refractivity contribution >= 4 is 47.1 Å². The number of hydrogen-bond acceptors (Lipinski definition) is 7. The lowest BCUT2D eigenvalue weighted by atomic mass is 10.3. The average molecular weight is 483 g/mol. The highest BCUT2D eigenvalue weighted by Crippen LogP contribution is 2.14. The van der Waals surface area contributed by atoms with E-state index in [1.165, 1.54) is 18.3 Å². The quantitative estimate of drug-likeness (QED) is 0.226. The number of nitrogens with one attached hydrogen (secondary N) is 4. The number of carbonyl (C=O) groups is 4. The number of carbonyl (C=O) groups excluding carboxylic acids is 4. The van der Waals surface area contributed by atoms with Crippen LogP contribution in [-0.2, 0) is 32.3 Å². The van der Waals surface area contributed by atoms with Crippen LogP contribution in [0.5, 0.6) is 0 Å². The van der Waals surface area contributed by atoms with Gasteiger partial charge in [-0.3, -0.25) is 24.2 Å². The van der Waals surface area contributed by atoms with Gasteiger partial charge >= 0.3 is 23.6 Å². The van der Waals surface area contributed by atoms with Gasteiger partial charge in [0.05, 0.1) is 12.8 Å². The maximum Gasteiger partial charge on any atom is 0.329 e. The highest BCUT2D eigenvalue weighted by atomic mass is 35.5. The Kier molecular flexibility index (Phi) is 8.47. The first kappa shape index (κ1) is 24.1. The van der Waals surface area contributed by atoms with Crippen molar-refractivity contribution in [3.63, 3.8) is 0 Å². The van der Waals surface area contributed by atoms with Gasteiger partial charge in [-0.1, -0.05) is 23.7 Å². The molecule has 0 radical (unpaired) electrons. The van der Waals surface area contributed by atoms with E-state index >= 15 is 0 Å². The van der Waals surface area contributed by atoms with Crippen molar-refractivity contribution in [3.05, 3.63) is 83.0 Å². The molecular formula is C22H19ClN6O5. The van der Waals surface area contributed by atoms with Crippen LogP contribution >= 0.6 is 11.6 Å². The zero-order valence-electron chi connectivity index (χ0n) is 17.6. The van der Waals surface area contributed by atoms with Crippen molar-refractivity contribution < 1.29 is 23.6 Å². The van der Waals surface area contributed by atoms with Gasteiger partial charge in [0.1, 0.15) is 11.5 Å². The molecule has 3 rings (SSSR count). The summed E-state index contributed by atoms with van der Waals surface area (Å²) in [6.07, 6.45) is 4.35. The second kappa shape index (κ2) is 11.9. The summed E-state index contributed by atoms with van der Waals surface area (Å²) < 4.78 is 5.42. The van der Waals surface area contributed by atoms with Gasteiger partial charge in [0, 0.05) is 29.6 Å². The van der Waals surface area contributed by atoms with Gasteiger partial charge in [-0.25, -0.2) is 5.43 Å². The summed E-state index contributed by atoms with van der Waals surface area (Å²) in [5.74, 6) is -2.95. The number of halogens is 1. The van der Waals surface area contributed by atoms with E-state index in [1.54, 1.807) is 48.8 Å². The molecule has 0 aliphatic heterocycles. The second-order valence-corrected chi connectivity index (χ2v) is 7.13. The van der Waals surface area contributed by atoms with E-state index in [4.69, 9.17) is 16.0 Å². The number of hydrazone groups is 1. The number of benzene rings is 1. The van der Waals surface area contributed by atoms with Crippen molar-refractivity contribution in [2.45, 2.75) is 13.1 Å². The second-order valence-electron chi connectivity index (χ2n) is 6.69. The molecule has 0 aliphatic rings. The lowest BCUT2D eigenvalue weighted by Crippen LogP contribution is -2.37. The Labute approximate surface area is 198 Å². The van der Waals surface area contributed by atoms with E-state index in [-0.39, 0.29) is 18.8 Å². The predicted octanol–water partition coefficient (Wildman–Crippen LogP) is 1.35. The molecule has 2 aromatic heterocycles. The molecule has 0 saturated carbocycles. The maximum absolute atomic E-state index is 12.0. The van der Waals surface area contributed by atoms with Crippen molar-refractivity contribution in [2.75, 3.05) is 5.32 Å². The Morgan fingerprint density at radius 2 is 1.74 bits per heavy atom. The molecule has 4 amide bonds. The number of hydrogen-bond donors (Lipinski definition) is 4. The highest BCUT2D eigenvalue weighted by molar-refractivity contribution is 6.39. The van der Waals surface area contributed by atoms with Crippen molar-refractivity contribution in [1.29, 1.82) is 0 Å².